The average Bonchev–Trinajstić information content (AvgIpc) is 3.88. The van der Waals surface area contributed by atoms with Crippen LogP contribution in [0, 0.1) is 13.8 Å². The summed E-state index contributed by atoms with van der Waals surface area (Å²) in [4.78, 5) is 64.5. The predicted molar refractivity (Wildman–Crippen MR) is 287 cm³/mol. The largest absolute Gasteiger partial charge is 1.00 e. The zero-order chi connectivity index (χ0) is 57.0. The van der Waals surface area contributed by atoms with Crippen LogP contribution in [-0.4, -0.2) is 90.7 Å². The van der Waals surface area contributed by atoms with Crippen molar-refractivity contribution in [3.05, 3.63) is 155 Å². The molecule has 0 aliphatic rings. The van der Waals surface area contributed by atoms with Crippen LogP contribution < -0.4 is 91.0 Å². The third kappa shape index (κ3) is 13.2. The Labute approximate surface area is 503 Å². The molecular formula is C49H44N8Na2O17S4. The van der Waals surface area contributed by atoms with E-state index in [1.54, 1.807) is 13.8 Å². The fourth-order valence-corrected chi connectivity index (χ4v) is 11.5. The van der Waals surface area contributed by atoms with Crippen molar-refractivity contribution in [2.45, 2.75) is 33.4 Å². The van der Waals surface area contributed by atoms with Gasteiger partial charge in [0.2, 0.25) is 0 Å². The molecule has 8 aromatic rings. The zero-order valence-corrected chi connectivity index (χ0v) is 49.9. The number of urea groups is 1. The molecule has 0 spiro atoms. The molecule has 2 aromatic heterocycles. The normalized spacial score (nSPS) is 11.7. The maximum atomic E-state index is 13.6. The van der Waals surface area contributed by atoms with Gasteiger partial charge in [0.15, 0.2) is 0 Å². The summed E-state index contributed by atoms with van der Waals surface area (Å²) in [5, 5.41) is 14.2. The first-order valence-electron chi connectivity index (χ1n) is 22.3. The van der Waals surface area contributed by atoms with Crippen molar-refractivity contribution in [2.24, 2.45) is 14.1 Å². The number of anilines is 6. The third-order valence-electron chi connectivity index (χ3n) is 12.3. The molecule has 0 radical (unpaired) electrons. The van der Waals surface area contributed by atoms with Crippen molar-refractivity contribution in [1.82, 2.24) is 9.13 Å². The molecule has 31 heteroatoms. The van der Waals surface area contributed by atoms with Crippen LogP contribution in [0.3, 0.4) is 0 Å². The van der Waals surface area contributed by atoms with E-state index in [1.165, 1.54) is 96.0 Å². The van der Waals surface area contributed by atoms with Gasteiger partial charge < -0.3 is 43.9 Å². The van der Waals surface area contributed by atoms with E-state index in [1.807, 2.05) is 0 Å². The maximum absolute atomic E-state index is 13.6. The molecule has 0 fully saturated rings. The van der Waals surface area contributed by atoms with Crippen LogP contribution in [0.15, 0.2) is 141 Å². The number of benzene rings is 6. The van der Waals surface area contributed by atoms with E-state index < -0.39 is 101 Å². The number of carbonyl (C=O) groups is 5. The number of hydrogen-bond donors (Lipinski definition) is 10. The molecular weight excluding hydrogens is 1150 g/mol. The molecule has 0 aliphatic carbocycles. The second kappa shape index (κ2) is 23.7. The number of nitrogens with one attached hydrogen (secondary N) is 6. The van der Waals surface area contributed by atoms with Gasteiger partial charge in [-0.2, -0.15) is 33.7 Å². The van der Waals surface area contributed by atoms with Crippen LogP contribution in [0.1, 0.15) is 55.9 Å². The minimum Gasteiger partial charge on any atom is -1.00 e. The number of aromatic nitrogens is 2. The van der Waals surface area contributed by atoms with Gasteiger partial charge in [-0.1, -0.05) is 48.5 Å². The van der Waals surface area contributed by atoms with Crippen molar-refractivity contribution in [3.8, 4) is 0 Å². The molecule has 25 nitrogen and oxygen atoms in total. The fraction of sp³-hybridized carbons (Fsp3) is 0.0816. The molecule has 2 heterocycles. The van der Waals surface area contributed by atoms with Gasteiger partial charge in [0.05, 0.1) is 22.7 Å². The zero-order valence-electron chi connectivity index (χ0n) is 44.7. The Kier molecular flexibility index (Phi) is 18.5. The van der Waals surface area contributed by atoms with Crippen LogP contribution in [-0.2, 0) is 54.6 Å². The van der Waals surface area contributed by atoms with Gasteiger partial charge in [-0.3, -0.25) is 37.4 Å². The smallest absolute Gasteiger partial charge is 1.00 e. The summed E-state index contributed by atoms with van der Waals surface area (Å²) in [5.41, 5.74) is 0.482. The summed E-state index contributed by atoms with van der Waals surface area (Å²) < 4.78 is 141. The summed E-state index contributed by atoms with van der Waals surface area (Å²) in [6.45, 7) is 3.15. The molecule has 0 aliphatic heterocycles. The van der Waals surface area contributed by atoms with Crippen molar-refractivity contribution in [1.29, 1.82) is 0 Å². The van der Waals surface area contributed by atoms with E-state index in [2.05, 4.69) is 31.9 Å². The maximum Gasteiger partial charge on any atom is 1.00 e. The number of amides is 6. The second-order valence-electron chi connectivity index (χ2n) is 17.2. The van der Waals surface area contributed by atoms with Crippen LogP contribution >= 0.6 is 0 Å². The molecule has 80 heavy (non-hydrogen) atoms. The number of hydrogen-bond acceptors (Lipinski definition) is 13. The van der Waals surface area contributed by atoms with Gasteiger partial charge in [-0.05, 0) is 86.6 Å². The molecule has 0 saturated heterocycles. The first-order chi connectivity index (χ1) is 36.4. The van der Waals surface area contributed by atoms with Crippen LogP contribution in [0.5, 0.6) is 0 Å². The summed E-state index contributed by atoms with van der Waals surface area (Å²) in [5.74, 6) is -3.13. The summed E-state index contributed by atoms with van der Waals surface area (Å²) in [6.07, 6.45) is 0. The molecule has 10 N–H and O–H groups in total. The van der Waals surface area contributed by atoms with Gasteiger partial charge in [-0.15, -0.1) is 0 Å². The van der Waals surface area contributed by atoms with Gasteiger partial charge in [0, 0.05) is 69.5 Å². The van der Waals surface area contributed by atoms with Crippen LogP contribution in [0.2, 0.25) is 0 Å². The average molecular weight is 1190 g/mol. The van der Waals surface area contributed by atoms with Gasteiger partial charge in [0.25, 0.3) is 64.1 Å². The van der Waals surface area contributed by atoms with Gasteiger partial charge in [-0.25, -0.2) is 4.79 Å². The minimum atomic E-state index is -5.11. The number of nitrogens with zero attached hydrogens (tertiary/aromatic N) is 2. The molecule has 0 bridgehead atoms. The number of carbonyl (C=O) groups excluding carboxylic acids is 5. The Morgan fingerprint density at radius 3 is 1.07 bits per heavy atom. The number of rotatable bonds is 14. The Morgan fingerprint density at radius 2 is 0.738 bits per heavy atom. The van der Waals surface area contributed by atoms with E-state index in [-0.39, 0.29) is 129 Å². The van der Waals surface area contributed by atoms with Crippen molar-refractivity contribution >= 4 is 126 Å². The standard InChI is InChI=1S/C49H42N8O17S4.2Na.2H/c1-25-37(23-39(56(25)3)47(60)52-35-19-17-31-33(43(35)77(69,70)71)13-7-15-41(31)75(63,64)65)54-45(58)27-9-5-11-29(21-27)50-49(62)51-30-12-6-10-28(22-30)46(59)55-38-24-40(57(4)26(38)2)48(61)53-36-20-18-32-34(44(36)78(72,73)74)14-8-16-42(32)76(66,67)68;;;;/h5-24H,1-4H3,(H,52,60)(H,53,61)(H,54,58)(H,55,59)(H2,50,51,62)(H,63,64,65)(H,66,67,68)(H,69,70,71)(H,72,73,74);;;;/q;2*+1;2*-1. The molecule has 8 rings (SSSR count). The van der Waals surface area contributed by atoms with E-state index in [9.17, 15) is 75.9 Å². The SMILES string of the molecule is Cc1c(NC(=O)c2cccc(NC(=O)Nc3cccc(C(=O)Nc4cc(C(=O)Nc5ccc6c(S(=O)(=O)O)cccc6c5S(=O)(=O)O)n(C)c4C)c3)c2)cc(C(=O)Nc2ccc3c(S(=O)(=O)O)cccc3c2S(=O)(=O)O)n1C.[H-].[H-].[Na+].[Na+]. The van der Waals surface area contributed by atoms with Crippen molar-refractivity contribution < 1.29 is 138 Å². The predicted octanol–water partition coefficient (Wildman–Crippen LogP) is 1.16. The van der Waals surface area contributed by atoms with E-state index >= 15 is 0 Å². The van der Waals surface area contributed by atoms with Gasteiger partial charge in [0.1, 0.15) is 31.0 Å². The van der Waals surface area contributed by atoms with Crippen LogP contribution in [0.4, 0.5) is 38.9 Å². The van der Waals surface area contributed by atoms with Crippen molar-refractivity contribution in [2.75, 3.05) is 31.9 Å². The topological polar surface area (TPSA) is 385 Å². The summed E-state index contributed by atoms with van der Waals surface area (Å²) in [6, 6.07) is 24.4. The third-order valence-corrected chi connectivity index (χ3v) is 16.0. The molecule has 6 aromatic carbocycles. The molecule has 0 saturated carbocycles. The number of fused-ring (bicyclic) bond motifs is 2. The Bertz CT molecular complexity index is 4130. The first kappa shape index (κ1) is 62.4. The van der Waals surface area contributed by atoms with E-state index in [0.717, 1.165) is 48.5 Å². The van der Waals surface area contributed by atoms with E-state index in [0.29, 0.717) is 11.4 Å². The molecule has 6 amide bonds. The first-order valence-corrected chi connectivity index (χ1v) is 28.1. The summed E-state index contributed by atoms with van der Waals surface area (Å²) in [7, 11) is -16.9. The fourth-order valence-electron chi connectivity index (χ4n) is 8.42. The van der Waals surface area contributed by atoms with Crippen LogP contribution in [0.25, 0.3) is 21.5 Å². The monoisotopic (exact) mass is 1190 g/mol. The minimum absolute atomic E-state index is 0. The summed E-state index contributed by atoms with van der Waals surface area (Å²) >= 11 is 0. The molecule has 0 unspecified atom stereocenters. The molecule has 408 valence electrons. The van der Waals surface area contributed by atoms with E-state index in [4.69, 9.17) is 0 Å². The van der Waals surface area contributed by atoms with Crippen molar-refractivity contribution in [3.63, 3.8) is 0 Å². The quantitative estimate of drug-likeness (QED) is 0.0539. The Morgan fingerprint density at radius 1 is 0.400 bits per heavy atom. The Balaban J connectivity index is 0.00000361. The van der Waals surface area contributed by atoms with Gasteiger partial charge >= 0.3 is 65.1 Å². The second-order valence-corrected chi connectivity index (χ2v) is 22.7. The molecule has 0 atom stereocenters. The Hall–Kier alpha value is -6.81.